The quantitative estimate of drug-likeness (QED) is 0.886. The molecule has 0 amide bonds. The fourth-order valence-corrected chi connectivity index (χ4v) is 3.31. The summed E-state index contributed by atoms with van der Waals surface area (Å²) >= 11 is 0. The van der Waals surface area contributed by atoms with E-state index in [1.54, 1.807) is 6.20 Å². The molecule has 0 saturated carbocycles. The molecule has 0 radical (unpaired) electrons. The molecule has 2 aromatic heterocycles. The lowest BCUT2D eigenvalue weighted by atomic mass is 10.0. The molecule has 0 spiro atoms. The van der Waals surface area contributed by atoms with Gasteiger partial charge in [0.2, 0.25) is 5.95 Å². The first-order chi connectivity index (χ1) is 10.5. The Morgan fingerprint density at radius 3 is 2.82 bits per heavy atom. The van der Waals surface area contributed by atoms with Crippen LogP contribution in [0.1, 0.15) is 38.9 Å². The molecule has 2 aromatic rings. The number of fused-ring (bicyclic) bond motifs is 2. The first-order valence-corrected chi connectivity index (χ1v) is 7.45. The van der Waals surface area contributed by atoms with E-state index in [0.29, 0.717) is 11.6 Å². The van der Waals surface area contributed by atoms with Gasteiger partial charge in [-0.3, -0.25) is 0 Å². The molecule has 22 heavy (non-hydrogen) atoms. The summed E-state index contributed by atoms with van der Waals surface area (Å²) in [6, 6.07) is 0. The largest absolute Gasteiger partial charge is 0.368 e. The van der Waals surface area contributed by atoms with Crippen LogP contribution in [0.4, 0.5) is 5.95 Å². The normalized spacial score (nSPS) is 33.4. The molecule has 2 aliphatic rings. The fourth-order valence-electron chi connectivity index (χ4n) is 3.31. The number of nitrogen functional groups attached to an aromatic ring is 1. The Hall–Kier alpha value is -1.77. The van der Waals surface area contributed by atoms with Crippen LogP contribution >= 0.6 is 0 Å². The Morgan fingerprint density at radius 2 is 2.05 bits per heavy atom. The molecule has 2 N–H and O–H groups in total. The van der Waals surface area contributed by atoms with E-state index in [1.165, 1.54) is 10.8 Å². The molecule has 2 fully saturated rings. The minimum atomic E-state index is -0.609. The highest BCUT2D eigenvalue weighted by atomic mass is 16.8. The number of hydrogen-bond acceptors (Lipinski definition) is 7. The predicted octanol–water partition coefficient (Wildman–Crippen LogP) is 1.08. The summed E-state index contributed by atoms with van der Waals surface area (Å²) in [4.78, 5) is 8.22. The van der Waals surface area contributed by atoms with Crippen LogP contribution in [0, 0.1) is 0 Å². The van der Waals surface area contributed by atoms with Crippen molar-refractivity contribution >= 4 is 11.6 Å². The lowest BCUT2D eigenvalue weighted by Gasteiger charge is -2.23. The minimum Gasteiger partial charge on any atom is -0.368 e. The molecule has 0 aromatic carbocycles. The Labute approximate surface area is 127 Å². The van der Waals surface area contributed by atoms with Crippen LogP contribution in [0.2, 0.25) is 0 Å². The van der Waals surface area contributed by atoms with Crippen LogP contribution in [0.15, 0.2) is 12.5 Å². The summed E-state index contributed by atoms with van der Waals surface area (Å²) in [6.45, 7) is 5.92. The van der Waals surface area contributed by atoms with E-state index < -0.39 is 5.79 Å². The minimum absolute atomic E-state index is 0.00842. The average molecular weight is 305 g/mol. The van der Waals surface area contributed by atoms with Gasteiger partial charge in [-0.2, -0.15) is 9.61 Å². The number of ether oxygens (including phenoxy) is 3. The molecular formula is C14H19N5O3. The van der Waals surface area contributed by atoms with Gasteiger partial charge in [0.25, 0.3) is 0 Å². The van der Waals surface area contributed by atoms with E-state index in [1.807, 2.05) is 13.8 Å². The summed E-state index contributed by atoms with van der Waals surface area (Å²) in [6.07, 6.45) is 3.45. The van der Waals surface area contributed by atoms with Gasteiger partial charge >= 0.3 is 0 Å². The van der Waals surface area contributed by atoms with Crippen molar-refractivity contribution < 1.29 is 14.2 Å². The Bertz CT molecular complexity index is 716. The first kappa shape index (κ1) is 13.9. The average Bonchev–Trinajstić information content (AvgIpc) is 3.10. The zero-order valence-electron chi connectivity index (χ0n) is 12.8. The number of rotatable bonds is 2. The smallest absolute Gasteiger partial charge is 0.224 e. The van der Waals surface area contributed by atoms with Gasteiger partial charge in [0.15, 0.2) is 11.4 Å². The van der Waals surface area contributed by atoms with Crippen molar-refractivity contribution in [3.8, 4) is 0 Å². The summed E-state index contributed by atoms with van der Waals surface area (Å²) in [7, 11) is 0. The van der Waals surface area contributed by atoms with Crippen LogP contribution in [0.5, 0.6) is 0 Å². The van der Waals surface area contributed by atoms with Gasteiger partial charge in [-0.05, 0) is 20.3 Å². The Morgan fingerprint density at radius 1 is 1.27 bits per heavy atom. The molecule has 118 valence electrons. The number of nitrogens with two attached hydrogens (primary N) is 1. The highest BCUT2D eigenvalue weighted by Crippen LogP contribution is 2.46. The molecular weight excluding hydrogens is 286 g/mol. The zero-order chi connectivity index (χ0) is 15.5. The second-order valence-corrected chi connectivity index (χ2v) is 6.14. The van der Waals surface area contributed by atoms with Gasteiger partial charge in [0.1, 0.15) is 24.6 Å². The van der Waals surface area contributed by atoms with Gasteiger partial charge in [0, 0.05) is 5.56 Å². The number of nitrogens with zero attached hydrogens (tertiary/aromatic N) is 4. The molecule has 2 aliphatic heterocycles. The molecule has 2 saturated heterocycles. The van der Waals surface area contributed by atoms with Crippen LogP contribution in [-0.2, 0) is 14.2 Å². The van der Waals surface area contributed by atoms with E-state index in [4.69, 9.17) is 19.9 Å². The standard InChI is InChI=1S/C14H19N5O3/c1-4-8-10-11(22-14(2,3)21-10)9(20-8)7-5-18-19-12(7)16-6-17-13(19)15/h5-6,8-11H,4H2,1-3H3,(H2,15,16,17)/t8-,9+,10?,11-/m1/s1. The number of anilines is 1. The van der Waals surface area contributed by atoms with Gasteiger partial charge < -0.3 is 19.9 Å². The third-order valence-electron chi connectivity index (χ3n) is 4.22. The zero-order valence-corrected chi connectivity index (χ0v) is 12.8. The second kappa shape index (κ2) is 4.61. The Kier molecular flexibility index (Phi) is 2.91. The van der Waals surface area contributed by atoms with Crippen LogP contribution in [0.3, 0.4) is 0 Å². The first-order valence-electron chi connectivity index (χ1n) is 7.45. The second-order valence-electron chi connectivity index (χ2n) is 6.14. The lowest BCUT2D eigenvalue weighted by Crippen LogP contribution is -2.28. The highest BCUT2D eigenvalue weighted by Gasteiger charge is 2.55. The fraction of sp³-hybridized carbons (Fsp3) is 0.643. The van der Waals surface area contributed by atoms with Crippen molar-refractivity contribution in [3.63, 3.8) is 0 Å². The predicted molar refractivity (Wildman–Crippen MR) is 76.9 cm³/mol. The number of aromatic nitrogens is 4. The maximum atomic E-state index is 6.16. The van der Waals surface area contributed by atoms with E-state index in [-0.39, 0.29) is 24.4 Å². The van der Waals surface area contributed by atoms with Crippen molar-refractivity contribution in [2.75, 3.05) is 5.73 Å². The Balaban J connectivity index is 1.77. The van der Waals surface area contributed by atoms with Crippen molar-refractivity contribution in [1.29, 1.82) is 0 Å². The third kappa shape index (κ3) is 1.91. The van der Waals surface area contributed by atoms with Crippen LogP contribution in [-0.4, -0.2) is 43.7 Å². The third-order valence-corrected chi connectivity index (χ3v) is 4.22. The lowest BCUT2D eigenvalue weighted by molar-refractivity contribution is -0.187. The monoisotopic (exact) mass is 305 g/mol. The van der Waals surface area contributed by atoms with Crippen molar-refractivity contribution in [1.82, 2.24) is 19.6 Å². The van der Waals surface area contributed by atoms with Crippen LogP contribution < -0.4 is 5.73 Å². The van der Waals surface area contributed by atoms with Gasteiger partial charge in [0.05, 0.1) is 12.3 Å². The maximum absolute atomic E-state index is 6.16. The summed E-state index contributed by atoms with van der Waals surface area (Å²) in [5, 5.41) is 4.25. The number of hydrogen-bond donors (Lipinski definition) is 1. The van der Waals surface area contributed by atoms with E-state index >= 15 is 0 Å². The highest BCUT2D eigenvalue weighted by molar-refractivity contribution is 5.51. The maximum Gasteiger partial charge on any atom is 0.224 e. The topological polar surface area (TPSA) is 96.8 Å². The molecule has 0 bridgehead atoms. The van der Waals surface area contributed by atoms with Crippen molar-refractivity contribution in [2.45, 2.75) is 57.4 Å². The summed E-state index contributed by atoms with van der Waals surface area (Å²) in [5.74, 6) is -0.316. The molecule has 8 nitrogen and oxygen atoms in total. The van der Waals surface area contributed by atoms with E-state index in [9.17, 15) is 0 Å². The van der Waals surface area contributed by atoms with Gasteiger partial charge in [-0.1, -0.05) is 6.92 Å². The van der Waals surface area contributed by atoms with Crippen LogP contribution in [0.25, 0.3) is 5.65 Å². The SMILES string of the molecule is CC[C@H]1O[C@@H](c2cnn3c(N)ncnc23)[C@H]2OC(C)(C)OC12. The summed E-state index contributed by atoms with van der Waals surface area (Å²) < 4.78 is 19.7. The van der Waals surface area contributed by atoms with E-state index in [2.05, 4.69) is 22.0 Å². The molecule has 4 heterocycles. The van der Waals surface area contributed by atoms with E-state index in [0.717, 1.165) is 12.0 Å². The van der Waals surface area contributed by atoms with Gasteiger partial charge in [-0.25, -0.2) is 9.97 Å². The molecule has 1 unspecified atom stereocenters. The van der Waals surface area contributed by atoms with Gasteiger partial charge in [-0.15, -0.1) is 0 Å². The van der Waals surface area contributed by atoms with Crippen molar-refractivity contribution in [2.24, 2.45) is 0 Å². The molecule has 4 rings (SSSR count). The molecule has 8 heteroatoms. The van der Waals surface area contributed by atoms with Crippen molar-refractivity contribution in [3.05, 3.63) is 18.1 Å². The molecule has 0 aliphatic carbocycles. The summed E-state index contributed by atoms with van der Waals surface area (Å²) in [5.41, 5.74) is 7.31. The molecule has 4 atom stereocenters.